The third kappa shape index (κ3) is 2.79. The van der Waals surface area contributed by atoms with E-state index >= 15 is 0 Å². The lowest BCUT2D eigenvalue weighted by molar-refractivity contribution is 0.585. The zero-order valence-corrected chi connectivity index (χ0v) is 16.1. The van der Waals surface area contributed by atoms with Crippen LogP contribution >= 0.6 is 22.3 Å². The number of nitrogens with zero attached hydrogens (tertiary/aromatic N) is 1. The van der Waals surface area contributed by atoms with Crippen LogP contribution in [0.1, 0.15) is 5.56 Å². The van der Waals surface area contributed by atoms with Crippen molar-refractivity contribution in [1.82, 2.24) is 0 Å². The normalized spacial score (nSPS) is 19.5. The first-order valence-electron chi connectivity index (χ1n) is 7.63. The van der Waals surface area contributed by atoms with E-state index in [9.17, 15) is 0 Å². The van der Waals surface area contributed by atoms with Crippen LogP contribution in [-0.2, 0) is 18.4 Å². The summed E-state index contributed by atoms with van der Waals surface area (Å²) in [5.74, 6) is 0.901. The summed E-state index contributed by atoms with van der Waals surface area (Å²) in [5.41, 5.74) is 2.25. The van der Waals surface area contributed by atoms with Crippen molar-refractivity contribution >= 4 is 45.1 Å². The molecule has 0 aliphatic carbocycles. The van der Waals surface area contributed by atoms with Crippen molar-refractivity contribution in [2.75, 3.05) is 4.67 Å². The maximum atomic E-state index is 6.44. The maximum absolute atomic E-state index is 6.44. The van der Waals surface area contributed by atoms with Crippen LogP contribution in [0.5, 0.6) is 5.75 Å². The first kappa shape index (κ1) is 15.9. The Balaban J connectivity index is 1.88. The van der Waals surface area contributed by atoms with Gasteiger partial charge in [-0.25, -0.2) is 0 Å². The predicted molar refractivity (Wildman–Crippen MR) is 108 cm³/mol. The molecule has 0 fully saturated rings. The maximum Gasteiger partial charge on any atom is 0.234 e. The van der Waals surface area contributed by atoms with Gasteiger partial charge in [0.1, 0.15) is 5.75 Å². The minimum Gasteiger partial charge on any atom is -0.444 e. The molecule has 0 amide bonds. The van der Waals surface area contributed by atoms with Crippen LogP contribution in [0.2, 0.25) is 0 Å². The lowest BCUT2D eigenvalue weighted by atomic mass is 10.2. The second-order valence-electron chi connectivity index (χ2n) is 5.59. The van der Waals surface area contributed by atoms with Crippen LogP contribution in [0.3, 0.4) is 0 Å². The molecule has 0 bridgehead atoms. The summed E-state index contributed by atoms with van der Waals surface area (Å²) < 4.78 is 9.74. The lowest BCUT2D eigenvalue weighted by Crippen LogP contribution is -2.32. The zero-order chi connectivity index (χ0) is 16.6. The highest BCUT2D eigenvalue weighted by Crippen LogP contribution is 2.57. The topological polar surface area (TPSA) is 12.5 Å². The van der Waals surface area contributed by atoms with Gasteiger partial charge in [0.05, 0.1) is 6.54 Å². The van der Waals surface area contributed by atoms with Gasteiger partial charge in [-0.15, -0.1) is 0 Å². The van der Waals surface area contributed by atoms with Crippen molar-refractivity contribution in [2.24, 2.45) is 0 Å². The van der Waals surface area contributed by atoms with E-state index in [1.54, 1.807) is 0 Å². The SMILES string of the molecule is S=P1(c2ccccc2)Oc2ccccc2CN1c1ccc(Br)cc1. The molecular weight excluding hydrogens is 401 g/mol. The number of anilines is 1. The minimum absolute atomic E-state index is 0.754. The van der Waals surface area contributed by atoms with Crippen LogP contribution in [0.4, 0.5) is 5.69 Å². The Hall–Kier alpha value is -1.61. The molecule has 24 heavy (non-hydrogen) atoms. The third-order valence-corrected chi connectivity index (χ3v) is 8.42. The summed E-state index contributed by atoms with van der Waals surface area (Å²) in [5, 5.41) is 1.07. The van der Waals surface area contributed by atoms with Crippen LogP contribution in [0.15, 0.2) is 83.3 Å². The molecule has 4 rings (SSSR count). The van der Waals surface area contributed by atoms with Crippen molar-refractivity contribution in [3.05, 3.63) is 88.9 Å². The monoisotopic (exact) mass is 415 g/mol. The average molecular weight is 416 g/mol. The van der Waals surface area contributed by atoms with E-state index in [0.717, 1.165) is 33.3 Å². The lowest BCUT2D eigenvalue weighted by Gasteiger charge is -2.41. The molecule has 0 N–H and O–H groups in total. The van der Waals surface area contributed by atoms with Crippen molar-refractivity contribution in [2.45, 2.75) is 6.54 Å². The summed E-state index contributed by atoms with van der Waals surface area (Å²) >= 11 is 9.64. The fraction of sp³-hybridized carbons (Fsp3) is 0.0526. The van der Waals surface area contributed by atoms with E-state index in [1.165, 1.54) is 0 Å². The van der Waals surface area contributed by atoms with Gasteiger partial charge in [-0.1, -0.05) is 52.3 Å². The first-order valence-corrected chi connectivity index (χ1v) is 11.1. The zero-order valence-electron chi connectivity index (χ0n) is 12.8. The predicted octanol–water partition coefficient (Wildman–Crippen LogP) is 5.48. The summed E-state index contributed by atoms with van der Waals surface area (Å²) in [7, 11) is 0. The van der Waals surface area contributed by atoms with Crippen molar-refractivity contribution in [3.63, 3.8) is 0 Å². The second kappa shape index (κ2) is 6.36. The molecule has 0 aromatic heterocycles. The molecule has 0 radical (unpaired) electrons. The second-order valence-corrected chi connectivity index (χ2v) is 10.2. The Morgan fingerprint density at radius 1 is 0.875 bits per heavy atom. The van der Waals surface area contributed by atoms with Gasteiger partial charge >= 0.3 is 0 Å². The molecule has 0 saturated carbocycles. The van der Waals surface area contributed by atoms with Crippen LogP contribution < -0.4 is 14.5 Å². The molecule has 120 valence electrons. The molecule has 3 aromatic rings. The van der Waals surface area contributed by atoms with E-state index in [-0.39, 0.29) is 0 Å². The number of halogens is 1. The van der Waals surface area contributed by atoms with E-state index in [1.807, 2.05) is 48.5 Å². The third-order valence-electron chi connectivity index (χ3n) is 4.04. The molecular formula is C19H15BrNOPS. The Kier molecular flexibility index (Phi) is 4.21. The van der Waals surface area contributed by atoms with Gasteiger partial charge in [-0.2, -0.15) is 0 Å². The van der Waals surface area contributed by atoms with E-state index < -0.39 is 6.42 Å². The average Bonchev–Trinajstić information content (AvgIpc) is 2.63. The highest BCUT2D eigenvalue weighted by molar-refractivity contribution is 9.10. The molecule has 0 spiro atoms. The Morgan fingerprint density at radius 2 is 1.54 bits per heavy atom. The van der Waals surface area contributed by atoms with Gasteiger partial charge in [0, 0.05) is 21.0 Å². The number of fused-ring (bicyclic) bond motifs is 1. The summed E-state index contributed by atoms with van der Waals surface area (Å²) in [6.07, 6.45) is -2.39. The standard InChI is InChI=1S/C19H15BrNOPS/c20-16-10-12-17(13-11-16)21-14-15-6-4-5-9-19(15)22-23(21,24)18-7-2-1-3-8-18/h1-13H,14H2. The number of para-hydroxylation sites is 1. The molecule has 1 unspecified atom stereocenters. The van der Waals surface area contributed by atoms with E-state index in [0.29, 0.717) is 0 Å². The largest absolute Gasteiger partial charge is 0.444 e. The van der Waals surface area contributed by atoms with Crippen molar-refractivity contribution in [3.8, 4) is 5.75 Å². The van der Waals surface area contributed by atoms with E-state index in [4.69, 9.17) is 16.3 Å². The first-order chi connectivity index (χ1) is 11.7. The summed E-state index contributed by atoms with van der Waals surface area (Å²) in [4.78, 5) is 0. The Labute approximate surface area is 155 Å². The van der Waals surface area contributed by atoms with Gasteiger partial charge in [-0.3, -0.25) is 0 Å². The number of hydrogen-bond donors (Lipinski definition) is 0. The van der Waals surface area contributed by atoms with Gasteiger partial charge in [0.25, 0.3) is 0 Å². The Morgan fingerprint density at radius 3 is 2.29 bits per heavy atom. The highest BCUT2D eigenvalue weighted by Gasteiger charge is 2.35. The number of rotatable bonds is 2. The van der Waals surface area contributed by atoms with Gasteiger partial charge in [-0.05, 0) is 54.3 Å². The van der Waals surface area contributed by atoms with Crippen molar-refractivity contribution < 1.29 is 4.52 Å². The highest BCUT2D eigenvalue weighted by atomic mass is 79.9. The molecule has 0 saturated heterocycles. The molecule has 1 aliphatic rings. The molecule has 1 heterocycles. The molecule has 1 atom stereocenters. The fourth-order valence-electron chi connectivity index (χ4n) is 2.83. The number of hydrogen-bond acceptors (Lipinski definition) is 2. The van der Waals surface area contributed by atoms with Crippen LogP contribution in [-0.4, -0.2) is 0 Å². The van der Waals surface area contributed by atoms with Gasteiger partial charge in [0.15, 0.2) is 0 Å². The molecule has 5 heteroatoms. The minimum atomic E-state index is -2.39. The molecule has 3 aromatic carbocycles. The summed E-state index contributed by atoms with van der Waals surface area (Å²) in [6, 6.07) is 26.6. The van der Waals surface area contributed by atoms with E-state index in [2.05, 4.69) is 50.9 Å². The Bertz CT molecular complexity index is 914. The molecule has 1 aliphatic heterocycles. The smallest absolute Gasteiger partial charge is 0.234 e. The van der Waals surface area contributed by atoms with Gasteiger partial charge < -0.3 is 9.19 Å². The van der Waals surface area contributed by atoms with Crippen LogP contribution in [0.25, 0.3) is 0 Å². The molecule has 2 nitrogen and oxygen atoms in total. The van der Waals surface area contributed by atoms with Crippen LogP contribution in [0, 0.1) is 0 Å². The van der Waals surface area contributed by atoms with Crippen molar-refractivity contribution in [1.29, 1.82) is 0 Å². The fourth-order valence-corrected chi connectivity index (χ4v) is 6.40. The summed E-state index contributed by atoms with van der Waals surface area (Å²) in [6.45, 7) is 0.754. The quantitative estimate of drug-likeness (QED) is 0.513. The number of benzene rings is 3. The van der Waals surface area contributed by atoms with Gasteiger partial charge in [0.2, 0.25) is 6.42 Å².